The molecule has 0 saturated heterocycles. The summed E-state index contributed by atoms with van der Waals surface area (Å²) in [6.07, 6.45) is -0.141. The van der Waals surface area contributed by atoms with E-state index in [-0.39, 0.29) is 11.8 Å². The number of benzene rings is 1. The van der Waals surface area contributed by atoms with E-state index in [1.807, 2.05) is 0 Å². The van der Waals surface area contributed by atoms with Gasteiger partial charge in [0.2, 0.25) is 0 Å². The van der Waals surface area contributed by atoms with Crippen molar-refractivity contribution < 1.29 is 18.0 Å². The van der Waals surface area contributed by atoms with Gasteiger partial charge in [-0.1, -0.05) is 30.3 Å². The zero-order valence-electron chi connectivity index (χ0n) is 18.7. The highest BCUT2D eigenvalue weighted by Crippen LogP contribution is 2.39. The topological polar surface area (TPSA) is 114 Å². The van der Waals surface area contributed by atoms with E-state index >= 15 is 0 Å². The molecular weight excluding hydrogens is 470 g/mol. The first-order valence-corrected chi connectivity index (χ1v) is 10.0. The van der Waals surface area contributed by atoms with E-state index in [9.17, 15) is 18.0 Å². The van der Waals surface area contributed by atoms with Crippen LogP contribution in [0.1, 0.15) is 21.6 Å². The lowest BCUT2D eigenvalue weighted by molar-refractivity contribution is -0.137. The summed E-state index contributed by atoms with van der Waals surface area (Å²) in [5.74, 6) is 0.432. The number of aromatic nitrogens is 6. The number of pyridine rings is 1. The second kappa shape index (κ2) is 10.5. The Hall–Kier alpha value is -4.34. The highest BCUT2D eigenvalue weighted by Gasteiger charge is 2.41. The van der Waals surface area contributed by atoms with E-state index in [0.29, 0.717) is 16.1 Å². The summed E-state index contributed by atoms with van der Waals surface area (Å²) in [6, 6.07) is 11.3. The van der Waals surface area contributed by atoms with E-state index < -0.39 is 28.4 Å². The number of carbonyl (C=O) groups is 1. The number of hydrogen-bond acceptors (Lipinski definition) is 7. The zero-order valence-corrected chi connectivity index (χ0v) is 18.7. The van der Waals surface area contributed by atoms with Gasteiger partial charge in [0.1, 0.15) is 28.6 Å². The van der Waals surface area contributed by atoms with Gasteiger partial charge < -0.3 is 5.32 Å². The quantitative estimate of drug-likeness (QED) is 0.341. The van der Waals surface area contributed by atoms with Crippen molar-refractivity contribution in [3.05, 3.63) is 71.8 Å². The number of rotatable bonds is 5. The Morgan fingerprint density at radius 1 is 1.11 bits per heavy atom. The van der Waals surface area contributed by atoms with Gasteiger partial charge in [-0.2, -0.15) is 33.7 Å². The Morgan fingerprint density at radius 3 is 2.25 bits per heavy atom. The number of halogens is 3. The van der Waals surface area contributed by atoms with Crippen molar-refractivity contribution in [2.75, 3.05) is 12.4 Å². The Kier molecular flexibility index (Phi) is 7.67. The largest absolute Gasteiger partial charge is 0.420 e. The molecule has 1 aromatic carbocycles. The van der Waals surface area contributed by atoms with Crippen LogP contribution in [0.2, 0.25) is 0 Å². The van der Waals surface area contributed by atoms with Crippen LogP contribution >= 0.6 is 0 Å². The van der Waals surface area contributed by atoms with Crippen LogP contribution < -0.4 is 5.32 Å². The second-order valence-corrected chi connectivity index (χ2v) is 7.17. The van der Waals surface area contributed by atoms with Crippen LogP contribution in [0, 0.1) is 11.3 Å². The highest BCUT2D eigenvalue weighted by molar-refractivity contribution is 6.56. The maximum atomic E-state index is 13.2. The third kappa shape index (κ3) is 5.65. The number of nitrogens with one attached hydrogen (secondary N) is 1. The molecule has 0 aliphatic rings. The van der Waals surface area contributed by atoms with Crippen molar-refractivity contribution in [3.8, 4) is 23.1 Å². The molecule has 9 nitrogen and oxygen atoms in total. The van der Waals surface area contributed by atoms with Gasteiger partial charge in [-0.25, -0.2) is 4.98 Å². The molecule has 3 aromatic heterocycles. The maximum Gasteiger partial charge on any atom is 0.420 e. The van der Waals surface area contributed by atoms with E-state index in [1.165, 1.54) is 41.5 Å². The number of nitriles is 1. The van der Waals surface area contributed by atoms with Gasteiger partial charge in [-0.3, -0.25) is 9.48 Å². The molecule has 0 atom stereocenters. The first-order valence-electron chi connectivity index (χ1n) is 10.0. The molecule has 4 aromatic rings. The SMILES string of the molecule is CNc1cnc(-n2nccn2)c(C#N)c1.[B]C([B])([B])n1nc(-c2ccccc2)c(C(F)(F)F)c1C=O. The first kappa shape index (κ1) is 26.3. The van der Waals surface area contributed by atoms with Crippen molar-refractivity contribution >= 4 is 35.5 Å². The minimum atomic E-state index is -4.81. The molecule has 15 heteroatoms. The Balaban J connectivity index is 0.000000212. The maximum absolute atomic E-state index is 13.2. The fraction of sp³-hybridized carbons (Fsp3) is 0.143. The summed E-state index contributed by atoms with van der Waals surface area (Å²) in [4.78, 5) is 16.5. The smallest absolute Gasteiger partial charge is 0.387 e. The molecule has 36 heavy (non-hydrogen) atoms. The molecule has 0 fully saturated rings. The molecule has 6 radical (unpaired) electrons. The summed E-state index contributed by atoms with van der Waals surface area (Å²) >= 11 is 0. The fourth-order valence-electron chi connectivity index (χ4n) is 3.07. The predicted octanol–water partition coefficient (Wildman–Crippen LogP) is 2.03. The summed E-state index contributed by atoms with van der Waals surface area (Å²) in [7, 11) is 17.9. The molecule has 4 rings (SSSR count). The first-order chi connectivity index (χ1) is 17.0. The minimum absolute atomic E-state index is 0.0242. The van der Waals surface area contributed by atoms with Crippen LogP contribution in [0.5, 0.6) is 0 Å². The summed E-state index contributed by atoms with van der Waals surface area (Å²) in [5.41, 5.74) is -1.14. The lowest BCUT2D eigenvalue weighted by Gasteiger charge is -2.22. The van der Waals surface area contributed by atoms with Crippen LogP contribution in [0.25, 0.3) is 17.1 Å². The van der Waals surface area contributed by atoms with Crippen LogP contribution in [0.3, 0.4) is 0 Å². The molecule has 1 N–H and O–H groups in total. The number of carbonyl (C=O) groups excluding carboxylic acids is 1. The molecule has 0 spiro atoms. The van der Waals surface area contributed by atoms with Crippen LogP contribution in [-0.2, 0) is 11.4 Å². The minimum Gasteiger partial charge on any atom is -0.387 e. The lowest BCUT2D eigenvalue weighted by atomic mass is 9.49. The van der Waals surface area contributed by atoms with Crippen LogP contribution in [0.4, 0.5) is 18.9 Å². The van der Waals surface area contributed by atoms with Crippen molar-refractivity contribution in [2.24, 2.45) is 0 Å². The molecule has 0 aliphatic heterocycles. The zero-order chi connectivity index (χ0) is 26.5. The van der Waals surface area contributed by atoms with Gasteiger partial charge in [0.25, 0.3) is 0 Å². The van der Waals surface area contributed by atoms with E-state index in [4.69, 9.17) is 28.8 Å². The number of aldehydes is 1. The van der Waals surface area contributed by atoms with Gasteiger partial charge in [0.15, 0.2) is 12.1 Å². The van der Waals surface area contributed by atoms with Crippen molar-refractivity contribution in [1.82, 2.24) is 29.8 Å². The number of alkyl halides is 3. The lowest BCUT2D eigenvalue weighted by Crippen LogP contribution is -2.37. The number of nitrogens with zero attached hydrogens (tertiary/aromatic N) is 7. The van der Waals surface area contributed by atoms with Gasteiger partial charge in [-0.15, -0.1) is 4.80 Å². The van der Waals surface area contributed by atoms with Gasteiger partial charge in [-0.05, 0) is 11.3 Å². The third-order valence-electron chi connectivity index (χ3n) is 4.61. The van der Waals surface area contributed by atoms with Crippen LogP contribution in [0.15, 0.2) is 55.0 Å². The fourth-order valence-corrected chi connectivity index (χ4v) is 3.07. The molecule has 0 unspecified atom stereocenters. The molecule has 0 amide bonds. The molecule has 0 aliphatic carbocycles. The van der Waals surface area contributed by atoms with Crippen LogP contribution in [-0.4, -0.2) is 66.6 Å². The van der Waals surface area contributed by atoms with Gasteiger partial charge >= 0.3 is 6.18 Å². The molecule has 3 heterocycles. The van der Waals surface area contributed by atoms with E-state index in [0.717, 1.165) is 5.69 Å². The van der Waals surface area contributed by atoms with Crippen molar-refractivity contribution in [3.63, 3.8) is 0 Å². The Morgan fingerprint density at radius 2 is 1.75 bits per heavy atom. The monoisotopic (exact) mass is 484 g/mol. The van der Waals surface area contributed by atoms with Gasteiger partial charge in [0.05, 0.1) is 47.8 Å². The number of anilines is 1. The normalized spacial score (nSPS) is 11.2. The predicted molar refractivity (Wildman–Crippen MR) is 127 cm³/mol. The summed E-state index contributed by atoms with van der Waals surface area (Å²) < 4.78 is 40.2. The van der Waals surface area contributed by atoms with Crippen molar-refractivity contribution in [1.29, 1.82) is 5.26 Å². The Bertz CT molecular complexity index is 1380. The number of hydrogen-bond donors (Lipinski definition) is 1. The van der Waals surface area contributed by atoms with Crippen molar-refractivity contribution in [2.45, 2.75) is 11.4 Å². The summed E-state index contributed by atoms with van der Waals surface area (Å²) in [5, 5.41) is 21.2. The third-order valence-corrected chi connectivity index (χ3v) is 4.61. The molecule has 0 saturated carbocycles. The summed E-state index contributed by atoms with van der Waals surface area (Å²) in [6.45, 7) is 0. The average molecular weight is 484 g/mol. The van der Waals surface area contributed by atoms with E-state index in [2.05, 4.69) is 31.7 Å². The molecular formula is C21H14B3F3N8O. The Labute approximate surface area is 207 Å². The van der Waals surface area contributed by atoms with Gasteiger partial charge in [0, 0.05) is 12.6 Å². The highest BCUT2D eigenvalue weighted by atomic mass is 19.4. The second-order valence-electron chi connectivity index (χ2n) is 7.17. The molecule has 174 valence electrons. The van der Waals surface area contributed by atoms with E-state index in [1.54, 1.807) is 25.4 Å². The average Bonchev–Trinajstić information content (AvgIpc) is 3.52. The standard InChI is InChI=1S/C12H6B3F3N2O.C9H8N6/c13-12(14,15)20-8(6-21)9(11(16,17)18)10(19-20)7-4-2-1-3-5-7;1-11-8-4-7(5-10)9(12-6-8)15-13-2-3-14-15/h1-6H;2-4,6,11H,1H3. The molecule has 0 bridgehead atoms.